The minimum absolute atomic E-state index is 0.0356. The average Bonchev–Trinajstić information content (AvgIpc) is 2.11. The molecule has 0 aromatic heterocycles. The molecule has 0 saturated heterocycles. The number of aliphatic hydroxyl groups excluding tert-OH is 1. The molecule has 0 radical (unpaired) electrons. The van der Waals surface area contributed by atoms with E-state index in [4.69, 9.17) is 10.8 Å². The smallest absolute Gasteiger partial charge is 0.128 e. The lowest BCUT2D eigenvalue weighted by molar-refractivity contribution is 0.275. The van der Waals surface area contributed by atoms with Crippen molar-refractivity contribution in [1.82, 2.24) is 0 Å². The molecule has 0 bridgehead atoms. The van der Waals surface area contributed by atoms with E-state index >= 15 is 0 Å². The number of hydrogen-bond acceptors (Lipinski definition) is 2. The summed E-state index contributed by atoms with van der Waals surface area (Å²) in [5, 5.41) is 8.70. The summed E-state index contributed by atoms with van der Waals surface area (Å²) >= 11 is 3.31. The molecule has 14 heavy (non-hydrogen) atoms. The molecule has 3 N–H and O–H groups in total. The van der Waals surface area contributed by atoms with E-state index in [0.717, 1.165) is 10.0 Å². The van der Waals surface area contributed by atoms with Gasteiger partial charge in [0.15, 0.2) is 0 Å². The number of hydrogen-bond donors (Lipinski definition) is 2. The van der Waals surface area contributed by atoms with Crippen LogP contribution in [0, 0.1) is 12.7 Å². The fourth-order valence-corrected chi connectivity index (χ4v) is 1.60. The number of benzene rings is 1. The molecule has 0 amide bonds. The zero-order valence-electron chi connectivity index (χ0n) is 7.93. The van der Waals surface area contributed by atoms with E-state index in [0.29, 0.717) is 12.0 Å². The standard InChI is InChI=1S/C10H13BrFNO/c1-6-4-9(12)7(5-8(6)11)10(13)2-3-14/h4-5,10,14H,2-3,13H2,1H3. The van der Waals surface area contributed by atoms with Crippen LogP contribution >= 0.6 is 15.9 Å². The summed E-state index contributed by atoms with van der Waals surface area (Å²) in [5.41, 5.74) is 6.98. The van der Waals surface area contributed by atoms with Crippen LogP contribution in [0.5, 0.6) is 0 Å². The van der Waals surface area contributed by atoms with Crippen molar-refractivity contribution >= 4 is 15.9 Å². The molecule has 0 heterocycles. The van der Waals surface area contributed by atoms with Gasteiger partial charge in [-0.05, 0) is 31.0 Å². The van der Waals surface area contributed by atoms with Crippen molar-refractivity contribution in [3.8, 4) is 0 Å². The molecule has 1 aromatic carbocycles. The van der Waals surface area contributed by atoms with E-state index < -0.39 is 6.04 Å². The maximum absolute atomic E-state index is 13.4. The summed E-state index contributed by atoms with van der Waals surface area (Å²) in [5.74, 6) is -0.313. The second-order valence-corrected chi connectivity index (χ2v) is 4.10. The van der Waals surface area contributed by atoms with Crippen molar-refractivity contribution < 1.29 is 9.50 Å². The first kappa shape index (κ1) is 11.6. The van der Waals surface area contributed by atoms with Gasteiger partial charge in [-0.1, -0.05) is 15.9 Å². The van der Waals surface area contributed by atoms with Crippen molar-refractivity contribution in [3.05, 3.63) is 33.5 Å². The topological polar surface area (TPSA) is 46.2 Å². The number of halogens is 2. The van der Waals surface area contributed by atoms with Gasteiger partial charge in [0.05, 0.1) is 0 Å². The summed E-state index contributed by atoms with van der Waals surface area (Å²) < 4.78 is 14.3. The Labute approximate surface area is 91.1 Å². The highest BCUT2D eigenvalue weighted by Gasteiger charge is 2.12. The lowest BCUT2D eigenvalue weighted by Gasteiger charge is -2.12. The van der Waals surface area contributed by atoms with E-state index in [1.165, 1.54) is 6.07 Å². The van der Waals surface area contributed by atoms with E-state index in [9.17, 15) is 4.39 Å². The van der Waals surface area contributed by atoms with Gasteiger partial charge in [0.1, 0.15) is 5.82 Å². The van der Waals surface area contributed by atoms with E-state index in [2.05, 4.69) is 15.9 Å². The Morgan fingerprint density at radius 2 is 2.21 bits per heavy atom. The molecule has 1 unspecified atom stereocenters. The molecule has 0 spiro atoms. The molecule has 0 aliphatic carbocycles. The van der Waals surface area contributed by atoms with Crippen molar-refractivity contribution in [2.75, 3.05) is 6.61 Å². The van der Waals surface area contributed by atoms with Crippen LogP contribution in [0.4, 0.5) is 4.39 Å². The molecule has 0 saturated carbocycles. The number of nitrogens with two attached hydrogens (primary N) is 1. The minimum Gasteiger partial charge on any atom is -0.396 e. The molecule has 0 fully saturated rings. The highest BCUT2D eigenvalue weighted by molar-refractivity contribution is 9.10. The monoisotopic (exact) mass is 261 g/mol. The Hall–Kier alpha value is -0.450. The van der Waals surface area contributed by atoms with Crippen LogP contribution in [-0.2, 0) is 0 Å². The molecule has 0 aliphatic heterocycles. The summed E-state index contributed by atoms with van der Waals surface area (Å²) in [6.07, 6.45) is 0.367. The van der Waals surface area contributed by atoms with Gasteiger partial charge < -0.3 is 10.8 Å². The number of aryl methyl sites for hydroxylation is 1. The van der Waals surface area contributed by atoms with Gasteiger partial charge in [-0.3, -0.25) is 0 Å². The second kappa shape index (κ2) is 4.87. The summed E-state index contributed by atoms with van der Waals surface area (Å²) in [4.78, 5) is 0. The average molecular weight is 262 g/mol. The third-order valence-electron chi connectivity index (χ3n) is 2.12. The minimum atomic E-state index is -0.447. The Morgan fingerprint density at radius 1 is 1.57 bits per heavy atom. The third kappa shape index (κ3) is 2.53. The summed E-state index contributed by atoms with van der Waals surface area (Å²) in [6, 6.07) is 2.67. The molecular weight excluding hydrogens is 249 g/mol. The van der Waals surface area contributed by atoms with Crippen LogP contribution < -0.4 is 5.73 Å². The van der Waals surface area contributed by atoms with Crippen molar-refractivity contribution in [3.63, 3.8) is 0 Å². The van der Waals surface area contributed by atoms with Crippen molar-refractivity contribution in [2.24, 2.45) is 5.73 Å². The first-order chi connectivity index (χ1) is 6.56. The van der Waals surface area contributed by atoms with Crippen LogP contribution in [0.3, 0.4) is 0 Å². The van der Waals surface area contributed by atoms with Crippen LogP contribution in [0.25, 0.3) is 0 Å². The van der Waals surface area contributed by atoms with Crippen LogP contribution in [0.15, 0.2) is 16.6 Å². The van der Waals surface area contributed by atoms with Gasteiger partial charge in [0.2, 0.25) is 0 Å². The first-order valence-corrected chi connectivity index (χ1v) is 5.17. The zero-order chi connectivity index (χ0) is 10.7. The Bertz CT molecular complexity index is 330. The number of aliphatic hydroxyl groups is 1. The van der Waals surface area contributed by atoms with Crippen molar-refractivity contribution in [1.29, 1.82) is 0 Å². The predicted octanol–water partition coefficient (Wildman–Crippen LogP) is 2.28. The lowest BCUT2D eigenvalue weighted by Crippen LogP contribution is -2.13. The SMILES string of the molecule is Cc1cc(F)c(C(N)CCO)cc1Br. The highest BCUT2D eigenvalue weighted by atomic mass is 79.9. The van der Waals surface area contributed by atoms with E-state index in [-0.39, 0.29) is 12.4 Å². The molecule has 1 aromatic rings. The van der Waals surface area contributed by atoms with Crippen LogP contribution in [0.1, 0.15) is 23.6 Å². The van der Waals surface area contributed by atoms with Gasteiger partial charge in [0.25, 0.3) is 0 Å². The third-order valence-corrected chi connectivity index (χ3v) is 2.97. The maximum atomic E-state index is 13.4. The Balaban J connectivity index is 3.02. The summed E-state index contributed by atoms with van der Waals surface area (Å²) in [7, 11) is 0. The van der Waals surface area contributed by atoms with Crippen LogP contribution in [-0.4, -0.2) is 11.7 Å². The molecule has 78 valence electrons. The predicted molar refractivity (Wildman–Crippen MR) is 57.5 cm³/mol. The van der Waals surface area contributed by atoms with Crippen LogP contribution in [0.2, 0.25) is 0 Å². The van der Waals surface area contributed by atoms with Gasteiger partial charge in [-0.15, -0.1) is 0 Å². The molecule has 0 aliphatic rings. The van der Waals surface area contributed by atoms with Gasteiger partial charge in [0, 0.05) is 22.7 Å². The fraction of sp³-hybridized carbons (Fsp3) is 0.400. The molecule has 4 heteroatoms. The highest BCUT2D eigenvalue weighted by Crippen LogP contribution is 2.25. The van der Waals surface area contributed by atoms with Gasteiger partial charge in [-0.25, -0.2) is 4.39 Å². The fourth-order valence-electron chi connectivity index (χ4n) is 1.24. The molecular formula is C10H13BrFNO. The Morgan fingerprint density at radius 3 is 2.79 bits per heavy atom. The Kier molecular flexibility index (Phi) is 4.04. The molecule has 1 atom stereocenters. The largest absolute Gasteiger partial charge is 0.396 e. The lowest BCUT2D eigenvalue weighted by atomic mass is 10.0. The van der Waals surface area contributed by atoms with Gasteiger partial charge in [-0.2, -0.15) is 0 Å². The molecule has 1 rings (SSSR count). The normalized spacial score (nSPS) is 12.9. The van der Waals surface area contributed by atoms with Crippen molar-refractivity contribution in [2.45, 2.75) is 19.4 Å². The zero-order valence-corrected chi connectivity index (χ0v) is 9.51. The first-order valence-electron chi connectivity index (χ1n) is 4.38. The molecule has 2 nitrogen and oxygen atoms in total. The maximum Gasteiger partial charge on any atom is 0.128 e. The van der Waals surface area contributed by atoms with E-state index in [1.54, 1.807) is 6.07 Å². The summed E-state index contributed by atoms with van der Waals surface area (Å²) in [6.45, 7) is 1.78. The van der Waals surface area contributed by atoms with E-state index in [1.807, 2.05) is 6.92 Å². The quantitative estimate of drug-likeness (QED) is 0.877. The number of rotatable bonds is 3. The second-order valence-electron chi connectivity index (χ2n) is 3.24. The van der Waals surface area contributed by atoms with Gasteiger partial charge >= 0.3 is 0 Å².